The summed E-state index contributed by atoms with van der Waals surface area (Å²) in [4.78, 5) is 48.4. The summed E-state index contributed by atoms with van der Waals surface area (Å²) in [6.45, 7) is 2.66. The molecule has 0 bridgehead atoms. The van der Waals surface area contributed by atoms with Gasteiger partial charge in [-0.25, -0.2) is 14.4 Å². The van der Waals surface area contributed by atoms with Crippen LogP contribution in [-0.2, 0) is 19.1 Å². The van der Waals surface area contributed by atoms with Gasteiger partial charge in [0.1, 0.15) is 11.5 Å². The minimum absolute atomic E-state index is 0.297. The maximum absolute atomic E-state index is 12.4. The summed E-state index contributed by atoms with van der Waals surface area (Å²) in [7, 11) is 0. The summed E-state index contributed by atoms with van der Waals surface area (Å²) in [5.74, 6) is -0.994. The number of hydrogen-bond acceptors (Lipinski definition) is 10. The zero-order chi connectivity index (χ0) is 33.1. The molecule has 10 heteroatoms. The Morgan fingerprint density at radius 2 is 1.15 bits per heavy atom. The van der Waals surface area contributed by atoms with Crippen molar-refractivity contribution >= 4 is 41.3 Å². The second-order valence-corrected chi connectivity index (χ2v) is 10.7. The normalized spacial score (nSPS) is 10.8. The van der Waals surface area contributed by atoms with Gasteiger partial charge in [0.15, 0.2) is 0 Å². The van der Waals surface area contributed by atoms with Crippen LogP contribution in [0.2, 0.25) is 0 Å². The Bertz CT molecular complexity index is 1450. The van der Waals surface area contributed by atoms with Crippen molar-refractivity contribution in [1.82, 2.24) is 0 Å². The fourth-order valence-corrected chi connectivity index (χ4v) is 4.33. The summed E-state index contributed by atoms with van der Waals surface area (Å²) in [5, 5.41) is 0. The largest absolute Gasteiger partial charge is 0.462 e. The molecule has 0 unspecified atom stereocenters. The van der Waals surface area contributed by atoms with Gasteiger partial charge in [-0.1, -0.05) is 51.2 Å². The summed E-state index contributed by atoms with van der Waals surface area (Å²) in [6, 6.07) is 17.6. The fraction of sp³-hybridized carbons (Fsp3) is 0.333. The summed E-state index contributed by atoms with van der Waals surface area (Å²) >= 11 is 0. The average molecular weight is 631 g/mol. The number of benzene rings is 3. The summed E-state index contributed by atoms with van der Waals surface area (Å²) in [6.07, 6.45) is 10.3. The van der Waals surface area contributed by atoms with Crippen molar-refractivity contribution in [3.8, 4) is 11.5 Å². The van der Waals surface area contributed by atoms with Crippen molar-refractivity contribution < 1.29 is 38.1 Å². The Balaban J connectivity index is 1.25. The molecule has 0 atom stereocenters. The molecule has 0 spiro atoms. The Morgan fingerprint density at radius 1 is 0.630 bits per heavy atom. The third-order valence-corrected chi connectivity index (χ3v) is 6.78. The first-order valence-corrected chi connectivity index (χ1v) is 15.5. The molecule has 0 aliphatic carbocycles. The van der Waals surface area contributed by atoms with Crippen molar-refractivity contribution in [3.05, 3.63) is 89.5 Å². The Hall–Kier alpha value is -5.12. The van der Waals surface area contributed by atoms with Crippen LogP contribution < -0.4 is 20.9 Å². The molecule has 0 amide bonds. The Morgan fingerprint density at radius 3 is 1.72 bits per heavy atom. The lowest BCUT2D eigenvalue weighted by atomic mass is 10.1. The van der Waals surface area contributed by atoms with Gasteiger partial charge in [-0.3, -0.25) is 4.79 Å². The van der Waals surface area contributed by atoms with Crippen molar-refractivity contribution in [2.24, 2.45) is 0 Å². The van der Waals surface area contributed by atoms with Gasteiger partial charge in [-0.05, 0) is 85.5 Å². The highest BCUT2D eigenvalue weighted by Crippen LogP contribution is 2.19. The second kappa shape index (κ2) is 19.3. The van der Waals surface area contributed by atoms with E-state index in [9.17, 15) is 19.2 Å². The molecule has 0 saturated carbocycles. The number of nitrogens with two attached hydrogens (primary N) is 2. The van der Waals surface area contributed by atoms with Crippen LogP contribution in [0.4, 0.5) is 11.4 Å². The first-order chi connectivity index (χ1) is 22.2. The van der Waals surface area contributed by atoms with Crippen LogP contribution in [0.15, 0.2) is 72.8 Å². The van der Waals surface area contributed by atoms with E-state index in [1.54, 1.807) is 72.8 Å². The third kappa shape index (κ3) is 13.3. The van der Waals surface area contributed by atoms with E-state index in [0.717, 1.165) is 51.4 Å². The van der Waals surface area contributed by atoms with E-state index in [0.29, 0.717) is 59.2 Å². The fourth-order valence-electron chi connectivity index (χ4n) is 4.33. The molecule has 3 aromatic carbocycles. The first-order valence-electron chi connectivity index (χ1n) is 15.5. The van der Waals surface area contributed by atoms with Crippen LogP contribution in [0, 0.1) is 0 Å². The second-order valence-electron chi connectivity index (χ2n) is 10.7. The molecule has 3 aromatic rings. The monoisotopic (exact) mass is 630 g/mol. The van der Waals surface area contributed by atoms with Crippen LogP contribution >= 0.6 is 0 Å². The van der Waals surface area contributed by atoms with Crippen LogP contribution in [0.1, 0.15) is 91.0 Å². The van der Waals surface area contributed by atoms with Gasteiger partial charge in [0.25, 0.3) is 0 Å². The maximum atomic E-state index is 12.4. The molecular formula is C36H42N2O8. The number of unbranched alkanes of at least 4 members (excludes halogenated alkanes) is 6. The molecule has 0 aromatic heterocycles. The van der Waals surface area contributed by atoms with Crippen molar-refractivity contribution in [2.75, 3.05) is 24.7 Å². The summed E-state index contributed by atoms with van der Waals surface area (Å²) < 4.78 is 21.2. The maximum Gasteiger partial charge on any atom is 0.338 e. The van der Waals surface area contributed by atoms with Gasteiger partial charge in [0.2, 0.25) is 0 Å². The van der Waals surface area contributed by atoms with Crippen LogP contribution in [0.5, 0.6) is 11.5 Å². The molecule has 244 valence electrons. The van der Waals surface area contributed by atoms with Gasteiger partial charge in [0, 0.05) is 23.9 Å². The average Bonchev–Trinajstić information content (AvgIpc) is 3.04. The molecule has 10 nitrogen and oxygen atoms in total. The zero-order valence-electron chi connectivity index (χ0n) is 26.2. The van der Waals surface area contributed by atoms with Gasteiger partial charge in [-0.2, -0.15) is 0 Å². The summed E-state index contributed by atoms with van der Waals surface area (Å²) in [5.41, 5.74) is 13.7. The van der Waals surface area contributed by atoms with Gasteiger partial charge < -0.3 is 30.4 Å². The van der Waals surface area contributed by atoms with E-state index in [-0.39, 0.29) is 5.97 Å². The predicted molar refractivity (Wildman–Crippen MR) is 176 cm³/mol. The standard InChI is InChI=1S/C36H42N2O8/c1-2-3-10-33(39)45-31-16-18-32(19-17-31)46-34(40)20-13-26-11-14-27(15-12-26)35(41)43-21-8-6-4-5-7-9-22-44-36(42)28-23-29(37)25-30(38)24-28/h11-20,23-25H,2-10,21-22,37-38H2,1H3. The molecule has 0 aliphatic rings. The number of rotatable bonds is 18. The van der Waals surface area contributed by atoms with Crippen molar-refractivity contribution in [2.45, 2.75) is 64.7 Å². The topological polar surface area (TPSA) is 157 Å². The Kier molecular flexibility index (Phi) is 14.8. The van der Waals surface area contributed by atoms with E-state index < -0.39 is 17.9 Å². The number of anilines is 2. The predicted octanol–water partition coefficient (Wildman–Crippen LogP) is 6.92. The molecule has 0 saturated heterocycles. The SMILES string of the molecule is CCCCC(=O)Oc1ccc(OC(=O)C=Cc2ccc(C(=O)OCCCCCCCCOC(=O)c3cc(N)cc(N)c3)cc2)cc1. The van der Waals surface area contributed by atoms with Gasteiger partial charge in [-0.15, -0.1) is 0 Å². The quantitative estimate of drug-likeness (QED) is 0.0497. The lowest BCUT2D eigenvalue weighted by Crippen LogP contribution is -2.08. The van der Waals surface area contributed by atoms with E-state index in [4.69, 9.17) is 30.4 Å². The number of esters is 4. The highest BCUT2D eigenvalue weighted by atomic mass is 16.5. The number of carbonyl (C=O) groups is 4. The smallest absolute Gasteiger partial charge is 0.338 e. The van der Waals surface area contributed by atoms with Crippen LogP contribution in [0.3, 0.4) is 0 Å². The van der Waals surface area contributed by atoms with Crippen molar-refractivity contribution in [1.29, 1.82) is 0 Å². The highest BCUT2D eigenvalue weighted by Gasteiger charge is 2.10. The number of ether oxygens (including phenoxy) is 4. The van der Waals surface area contributed by atoms with Gasteiger partial charge in [0.05, 0.1) is 24.3 Å². The molecule has 0 fully saturated rings. The third-order valence-electron chi connectivity index (χ3n) is 6.78. The molecule has 4 N–H and O–H groups in total. The number of nitrogen functional groups attached to an aromatic ring is 2. The molecule has 0 heterocycles. The zero-order valence-corrected chi connectivity index (χ0v) is 26.2. The van der Waals surface area contributed by atoms with E-state index in [1.165, 1.54) is 6.08 Å². The van der Waals surface area contributed by atoms with Gasteiger partial charge >= 0.3 is 23.9 Å². The lowest BCUT2D eigenvalue weighted by Gasteiger charge is -2.07. The van der Waals surface area contributed by atoms with E-state index >= 15 is 0 Å². The molecule has 0 aliphatic heterocycles. The number of hydrogen-bond donors (Lipinski definition) is 2. The van der Waals surface area contributed by atoms with E-state index in [1.807, 2.05) is 6.92 Å². The number of carbonyl (C=O) groups excluding carboxylic acids is 4. The van der Waals surface area contributed by atoms with E-state index in [2.05, 4.69) is 0 Å². The highest BCUT2D eigenvalue weighted by molar-refractivity contribution is 5.92. The van der Waals surface area contributed by atoms with Crippen LogP contribution in [-0.4, -0.2) is 37.1 Å². The molecule has 46 heavy (non-hydrogen) atoms. The first kappa shape index (κ1) is 35.4. The molecule has 3 rings (SSSR count). The van der Waals surface area contributed by atoms with Crippen molar-refractivity contribution in [3.63, 3.8) is 0 Å². The minimum atomic E-state index is -0.570. The minimum Gasteiger partial charge on any atom is -0.462 e. The van der Waals surface area contributed by atoms with Crippen LogP contribution in [0.25, 0.3) is 6.08 Å². The Labute approximate surface area is 269 Å². The lowest BCUT2D eigenvalue weighted by molar-refractivity contribution is -0.134. The molecular weight excluding hydrogens is 588 g/mol. The molecule has 0 radical (unpaired) electrons.